The number of primary amides is 1. The average molecular weight is 334 g/mol. The first kappa shape index (κ1) is 18.9. The Labute approximate surface area is 139 Å². The molecule has 1 rings (SSSR count). The number of carbonyl (C=O) groups is 3. The largest absolute Gasteiger partial charge is 0.370 e. The molecule has 1 atom stereocenters. The lowest BCUT2D eigenvalue weighted by atomic mass is 10.1. The summed E-state index contributed by atoms with van der Waals surface area (Å²) >= 11 is 0. The molecule has 0 bridgehead atoms. The van der Waals surface area contributed by atoms with E-state index in [2.05, 4.69) is 15.6 Å². The van der Waals surface area contributed by atoms with Gasteiger partial charge in [0.2, 0.25) is 11.8 Å². The van der Waals surface area contributed by atoms with Crippen molar-refractivity contribution in [3.8, 4) is 0 Å². The van der Waals surface area contributed by atoms with Crippen LogP contribution < -0.4 is 27.8 Å². The Morgan fingerprint density at radius 2 is 1.75 bits per heavy atom. The fraction of sp³-hybridized carbons (Fsp3) is 0.333. The third-order valence-corrected chi connectivity index (χ3v) is 3.04. The number of guanidine groups is 1. The highest BCUT2D eigenvalue weighted by Gasteiger charge is 2.21. The predicted molar refractivity (Wildman–Crippen MR) is 89.8 cm³/mol. The second kappa shape index (κ2) is 9.82. The van der Waals surface area contributed by atoms with E-state index in [4.69, 9.17) is 17.2 Å². The van der Waals surface area contributed by atoms with Crippen LogP contribution in [0.25, 0.3) is 0 Å². The van der Waals surface area contributed by atoms with E-state index < -0.39 is 23.8 Å². The maximum atomic E-state index is 12.2. The van der Waals surface area contributed by atoms with Gasteiger partial charge in [-0.1, -0.05) is 18.2 Å². The molecule has 3 amide bonds. The lowest BCUT2D eigenvalue weighted by Gasteiger charge is -2.18. The van der Waals surface area contributed by atoms with Crippen molar-refractivity contribution in [1.29, 1.82) is 0 Å². The molecule has 9 nitrogen and oxygen atoms in total. The van der Waals surface area contributed by atoms with Gasteiger partial charge < -0.3 is 27.8 Å². The van der Waals surface area contributed by atoms with E-state index in [0.717, 1.165) is 0 Å². The van der Waals surface area contributed by atoms with Gasteiger partial charge in [0, 0.05) is 12.1 Å². The zero-order valence-corrected chi connectivity index (χ0v) is 13.2. The molecule has 0 fully saturated rings. The van der Waals surface area contributed by atoms with E-state index in [0.29, 0.717) is 24.9 Å². The summed E-state index contributed by atoms with van der Waals surface area (Å²) in [4.78, 5) is 38.9. The maximum absolute atomic E-state index is 12.2. The summed E-state index contributed by atoms with van der Waals surface area (Å²) in [6.45, 7) is 0.0214. The third-order valence-electron chi connectivity index (χ3n) is 3.04. The van der Waals surface area contributed by atoms with Crippen molar-refractivity contribution in [1.82, 2.24) is 10.6 Å². The van der Waals surface area contributed by atoms with E-state index in [1.807, 2.05) is 0 Å². The van der Waals surface area contributed by atoms with Gasteiger partial charge in [-0.15, -0.1) is 0 Å². The van der Waals surface area contributed by atoms with Crippen molar-refractivity contribution in [2.75, 3.05) is 13.1 Å². The highest BCUT2D eigenvalue weighted by atomic mass is 16.2. The van der Waals surface area contributed by atoms with Gasteiger partial charge in [-0.25, -0.2) is 0 Å². The Kier molecular flexibility index (Phi) is 7.76. The summed E-state index contributed by atoms with van der Waals surface area (Å²) in [7, 11) is 0. The van der Waals surface area contributed by atoms with E-state index in [1.165, 1.54) is 0 Å². The smallest absolute Gasteiger partial charge is 0.251 e. The van der Waals surface area contributed by atoms with Crippen molar-refractivity contribution in [2.24, 2.45) is 22.2 Å². The standard InChI is InChI=1S/C15H22N6O3/c16-12(22)9-20-14(24)11(7-4-8-19-15(17)18)21-13(23)10-5-2-1-3-6-10/h1-3,5-6,11H,4,7-9H2,(H2,16,22)(H,20,24)(H,21,23)(H4,17,18,19)/t11-/m0/s1. The van der Waals surface area contributed by atoms with Crippen LogP contribution in [-0.2, 0) is 9.59 Å². The highest BCUT2D eigenvalue weighted by Crippen LogP contribution is 2.03. The Hall–Kier alpha value is -3.10. The topological polar surface area (TPSA) is 166 Å². The molecule has 8 N–H and O–H groups in total. The zero-order valence-electron chi connectivity index (χ0n) is 13.2. The van der Waals surface area contributed by atoms with Crippen LogP contribution in [-0.4, -0.2) is 42.8 Å². The molecule has 0 unspecified atom stereocenters. The van der Waals surface area contributed by atoms with Gasteiger partial charge in [-0.2, -0.15) is 0 Å². The van der Waals surface area contributed by atoms with Crippen LogP contribution >= 0.6 is 0 Å². The fourth-order valence-corrected chi connectivity index (χ4v) is 1.90. The number of rotatable bonds is 9. The van der Waals surface area contributed by atoms with Gasteiger partial charge >= 0.3 is 0 Å². The summed E-state index contributed by atoms with van der Waals surface area (Å²) in [5.41, 5.74) is 15.9. The molecule has 0 aliphatic heterocycles. The van der Waals surface area contributed by atoms with Crippen LogP contribution in [0, 0.1) is 0 Å². The van der Waals surface area contributed by atoms with Crippen molar-refractivity contribution in [3.63, 3.8) is 0 Å². The molecule has 1 aromatic carbocycles. The van der Waals surface area contributed by atoms with Crippen LogP contribution in [0.3, 0.4) is 0 Å². The molecule has 0 spiro atoms. The van der Waals surface area contributed by atoms with Crippen LogP contribution in [0.15, 0.2) is 35.3 Å². The number of aliphatic imine (C=N–C) groups is 1. The first-order chi connectivity index (χ1) is 11.4. The number of hydrogen-bond acceptors (Lipinski definition) is 4. The second-order valence-corrected chi connectivity index (χ2v) is 5.03. The number of amides is 3. The molecule has 130 valence electrons. The van der Waals surface area contributed by atoms with E-state index in [9.17, 15) is 14.4 Å². The molecule has 0 heterocycles. The molecular weight excluding hydrogens is 312 g/mol. The van der Waals surface area contributed by atoms with E-state index >= 15 is 0 Å². The Morgan fingerprint density at radius 1 is 1.08 bits per heavy atom. The van der Waals surface area contributed by atoms with Crippen LogP contribution in [0.5, 0.6) is 0 Å². The lowest BCUT2D eigenvalue weighted by molar-refractivity contribution is -0.126. The van der Waals surface area contributed by atoms with Crippen LogP contribution in [0.4, 0.5) is 0 Å². The van der Waals surface area contributed by atoms with Gasteiger partial charge in [0.25, 0.3) is 5.91 Å². The minimum atomic E-state index is -0.828. The van der Waals surface area contributed by atoms with Crippen LogP contribution in [0.1, 0.15) is 23.2 Å². The molecule has 1 aromatic rings. The molecule has 9 heteroatoms. The normalized spacial score (nSPS) is 11.2. The zero-order chi connectivity index (χ0) is 17.9. The van der Waals surface area contributed by atoms with Gasteiger partial charge in [-0.05, 0) is 25.0 Å². The quantitative estimate of drug-likeness (QED) is 0.209. The van der Waals surface area contributed by atoms with Crippen molar-refractivity contribution < 1.29 is 14.4 Å². The van der Waals surface area contributed by atoms with Gasteiger partial charge in [-0.3, -0.25) is 19.4 Å². The fourth-order valence-electron chi connectivity index (χ4n) is 1.90. The number of nitrogens with zero attached hydrogens (tertiary/aromatic N) is 1. The molecular formula is C15H22N6O3. The summed E-state index contributed by atoms with van der Waals surface area (Å²) in [6.07, 6.45) is 0.779. The molecule has 24 heavy (non-hydrogen) atoms. The number of carbonyl (C=O) groups excluding carboxylic acids is 3. The van der Waals surface area contributed by atoms with Crippen molar-refractivity contribution in [3.05, 3.63) is 35.9 Å². The lowest BCUT2D eigenvalue weighted by Crippen LogP contribution is -2.48. The average Bonchev–Trinajstić information content (AvgIpc) is 2.55. The highest BCUT2D eigenvalue weighted by molar-refractivity contribution is 5.97. The molecule has 0 aliphatic carbocycles. The molecule has 0 aliphatic rings. The first-order valence-corrected chi connectivity index (χ1v) is 7.37. The monoisotopic (exact) mass is 334 g/mol. The first-order valence-electron chi connectivity index (χ1n) is 7.37. The second-order valence-electron chi connectivity index (χ2n) is 5.03. The number of nitrogens with one attached hydrogen (secondary N) is 2. The summed E-state index contributed by atoms with van der Waals surface area (Å²) in [6, 6.07) is 7.65. The van der Waals surface area contributed by atoms with Crippen LogP contribution in [0.2, 0.25) is 0 Å². The third kappa shape index (κ3) is 7.25. The summed E-state index contributed by atoms with van der Waals surface area (Å²) in [5, 5.41) is 5.01. The number of benzene rings is 1. The maximum Gasteiger partial charge on any atom is 0.251 e. The van der Waals surface area contributed by atoms with Gasteiger partial charge in [0.05, 0.1) is 6.54 Å². The predicted octanol–water partition coefficient (Wildman–Crippen LogP) is -1.56. The SMILES string of the molecule is NC(=O)CNC(=O)[C@H](CCCN=C(N)N)NC(=O)c1ccccc1. The summed E-state index contributed by atoms with van der Waals surface area (Å²) < 4.78 is 0. The minimum absolute atomic E-state index is 0.0435. The van der Waals surface area contributed by atoms with Crippen molar-refractivity contribution in [2.45, 2.75) is 18.9 Å². The minimum Gasteiger partial charge on any atom is -0.370 e. The molecule has 0 aromatic heterocycles. The van der Waals surface area contributed by atoms with E-state index in [1.54, 1.807) is 30.3 Å². The molecule has 0 saturated carbocycles. The van der Waals surface area contributed by atoms with Gasteiger partial charge in [0.1, 0.15) is 6.04 Å². The van der Waals surface area contributed by atoms with E-state index in [-0.39, 0.29) is 12.5 Å². The van der Waals surface area contributed by atoms with Crippen molar-refractivity contribution >= 4 is 23.7 Å². The number of nitrogens with two attached hydrogens (primary N) is 3. The Bertz CT molecular complexity index is 598. The Balaban J connectivity index is 2.68. The Morgan fingerprint density at radius 3 is 2.33 bits per heavy atom. The molecule has 0 radical (unpaired) electrons. The summed E-state index contributed by atoms with van der Waals surface area (Å²) in [5.74, 6) is -1.60. The number of hydrogen-bond donors (Lipinski definition) is 5. The van der Waals surface area contributed by atoms with Gasteiger partial charge in [0.15, 0.2) is 5.96 Å². The molecule has 0 saturated heterocycles.